The van der Waals surface area contributed by atoms with Crippen LogP contribution in [0.5, 0.6) is 11.6 Å². The van der Waals surface area contributed by atoms with Crippen molar-refractivity contribution in [2.75, 3.05) is 0 Å². The van der Waals surface area contributed by atoms with Crippen molar-refractivity contribution in [2.24, 2.45) is 7.05 Å². The minimum Gasteiger partial charge on any atom is -0.434 e. The van der Waals surface area contributed by atoms with Crippen molar-refractivity contribution >= 4 is 21.6 Å². The van der Waals surface area contributed by atoms with Crippen molar-refractivity contribution in [3.05, 3.63) is 44.3 Å². The highest BCUT2D eigenvalue weighted by atomic mass is 79.9. The maximum absolute atomic E-state index is 13.5. The third-order valence-corrected chi connectivity index (χ3v) is 3.48. The van der Waals surface area contributed by atoms with E-state index in [2.05, 4.69) is 21.0 Å². The maximum Gasteiger partial charge on any atom is 0.354 e. The van der Waals surface area contributed by atoms with Gasteiger partial charge in [-0.25, -0.2) is 9.07 Å². The number of hydrogen-bond acceptors (Lipinski definition) is 4. The van der Waals surface area contributed by atoms with Crippen molar-refractivity contribution in [1.82, 2.24) is 9.78 Å². The topological polar surface area (TPSA) is 70.2 Å². The van der Waals surface area contributed by atoms with Crippen LogP contribution in [-0.2, 0) is 7.05 Å². The molecule has 112 valence electrons. The molecular weight excluding hydrogens is 345 g/mol. The third kappa shape index (κ3) is 3.05. The van der Waals surface area contributed by atoms with Crippen molar-refractivity contribution in [3.8, 4) is 11.6 Å². The average molecular weight is 358 g/mol. The van der Waals surface area contributed by atoms with Crippen LogP contribution < -0.4 is 4.74 Å². The predicted molar refractivity (Wildman–Crippen MR) is 78.1 cm³/mol. The summed E-state index contributed by atoms with van der Waals surface area (Å²) >= 11 is 3.03. The zero-order valence-corrected chi connectivity index (χ0v) is 13.2. The molecule has 0 N–H and O–H groups in total. The van der Waals surface area contributed by atoms with Crippen LogP contribution in [0.4, 0.5) is 10.1 Å². The van der Waals surface area contributed by atoms with E-state index in [4.69, 9.17) is 4.74 Å². The Morgan fingerprint density at radius 3 is 2.67 bits per heavy atom. The molecule has 0 aliphatic rings. The number of hydrogen-bond donors (Lipinski definition) is 0. The molecule has 0 unspecified atom stereocenters. The molecule has 6 nitrogen and oxygen atoms in total. The summed E-state index contributed by atoms with van der Waals surface area (Å²) in [6, 6.07) is 4.13. The van der Waals surface area contributed by atoms with E-state index >= 15 is 0 Å². The summed E-state index contributed by atoms with van der Waals surface area (Å²) in [5, 5.41) is 15.4. The molecule has 0 saturated heterocycles. The summed E-state index contributed by atoms with van der Waals surface area (Å²) in [7, 11) is 1.55. The highest BCUT2D eigenvalue weighted by Gasteiger charge is 2.30. The van der Waals surface area contributed by atoms with Gasteiger partial charge in [0.1, 0.15) is 17.3 Å². The number of benzene rings is 1. The van der Waals surface area contributed by atoms with Gasteiger partial charge in [0.15, 0.2) is 0 Å². The second-order valence-electron chi connectivity index (χ2n) is 4.75. The molecule has 0 aliphatic heterocycles. The minimum atomic E-state index is -0.535. The molecule has 21 heavy (non-hydrogen) atoms. The Morgan fingerprint density at radius 2 is 2.14 bits per heavy atom. The Balaban J connectivity index is 2.48. The zero-order valence-electron chi connectivity index (χ0n) is 11.6. The lowest BCUT2D eigenvalue weighted by atomic mass is 10.1. The molecule has 1 aromatic heterocycles. The lowest BCUT2D eigenvalue weighted by Gasteiger charge is -2.06. The standard InChI is InChI=1S/C13H13BrFN3O3/c1-7(2)11-12(18(19)20)13(17(3)16-11)21-8-4-5-9(14)10(15)6-8/h4-7H,1-3H3. The molecule has 0 fully saturated rings. The summed E-state index contributed by atoms with van der Waals surface area (Å²) in [4.78, 5) is 10.7. The van der Waals surface area contributed by atoms with E-state index in [9.17, 15) is 14.5 Å². The molecule has 0 amide bonds. The van der Waals surface area contributed by atoms with Gasteiger partial charge in [-0.1, -0.05) is 13.8 Å². The molecule has 1 heterocycles. The molecule has 0 aliphatic carbocycles. The van der Waals surface area contributed by atoms with E-state index in [1.165, 1.54) is 16.8 Å². The smallest absolute Gasteiger partial charge is 0.354 e. The van der Waals surface area contributed by atoms with Crippen LogP contribution in [0.2, 0.25) is 0 Å². The van der Waals surface area contributed by atoms with Crippen molar-refractivity contribution in [3.63, 3.8) is 0 Å². The first kappa shape index (κ1) is 15.4. The van der Waals surface area contributed by atoms with Crippen LogP contribution in [0.1, 0.15) is 25.5 Å². The van der Waals surface area contributed by atoms with Gasteiger partial charge in [-0.15, -0.1) is 0 Å². The number of nitro groups is 1. The van der Waals surface area contributed by atoms with E-state index in [1.54, 1.807) is 20.9 Å². The minimum absolute atomic E-state index is 0.0228. The van der Waals surface area contributed by atoms with Gasteiger partial charge in [-0.2, -0.15) is 5.10 Å². The number of rotatable bonds is 4. The first-order valence-corrected chi connectivity index (χ1v) is 6.94. The van der Waals surface area contributed by atoms with Crippen LogP contribution in [0.25, 0.3) is 0 Å². The Morgan fingerprint density at radius 1 is 1.48 bits per heavy atom. The molecule has 1 aromatic carbocycles. The first-order chi connectivity index (χ1) is 9.81. The number of halogens is 2. The largest absolute Gasteiger partial charge is 0.434 e. The Bertz CT molecular complexity index is 700. The van der Waals surface area contributed by atoms with E-state index in [1.807, 2.05) is 0 Å². The first-order valence-electron chi connectivity index (χ1n) is 6.15. The summed E-state index contributed by atoms with van der Waals surface area (Å²) in [5.41, 5.74) is 0.130. The summed E-state index contributed by atoms with van der Waals surface area (Å²) in [6.07, 6.45) is 0. The molecule has 0 saturated carbocycles. The molecule has 2 aromatic rings. The highest BCUT2D eigenvalue weighted by molar-refractivity contribution is 9.10. The molecule has 0 spiro atoms. The molecule has 0 bridgehead atoms. The van der Waals surface area contributed by atoms with Gasteiger partial charge in [0, 0.05) is 19.0 Å². The van der Waals surface area contributed by atoms with Crippen LogP contribution in [-0.4, -0.2) is 14.7 Å². The van der Waals surface area contributed by atoms with Crippen LogP contribution in [0.3, 0.4) is 0 Å². The van der Waals surface area contributed by atoms with Crippen molar-refractivity contribution in [1.29, 1.82) is 0 Å². The fourth-order valence-electron chi connectivity index (χ4n) is 1.84. The monoisotopic (exact) mass is 357 g/mol. The summed E-state index contributed by atoms with van der Waals surface area (Å²) < 4.78 is 20.5. The van der Waals surface area contributed by atoms with Gasteiger partial charge in [0.25, 0.3) is 5.88 Å². The molecule has 8 heteroatoms. The SMILES string of the molecule is CC(C)c1nn(C)c(Oc2ccc(Br)c(F)c2)c1[N+](=O)[O-]. The molecule has 0 radical (unpaired) electrons. The van der Waals surface area contributed by atoms with E-state index in [0.29, 0.717) is 5.69 Å². The van der Waals surface area contributed by atoms with Crippen LogP contribution in [0, 0.1) is 15.9 Å². The molecule has 0 atom stereocenters. The normalized spacial score (nSPS) is 11.0. The lowest BCUT2D eigenvalue weighted by molar-refractivity contribution is -0.386. The summed E-state index contributed by atoms with van der Waals surface area (Å²) in [5.74, 6) is -0.500. The van der Waals surface area contributed by atoms with Crippen molar-refractivity contribution in [2.45, 2.75) is 19.8 Å². The second kappa shape index (κ2) is 5.80. The van der Waals surface area contributed by atoms with E-state index < -0.39 is 10.7 Å². The number of ether oxygens (including phenoxy) is 1. The van der Waals surface area contributed by atoms with E-state index in [-0.39, 0.29) is 27.7 Å². The van der Waals surface area contributed by atoms with Crippen molar-refractivity contribution < 1.29 is 14.1 Å². The Hall–Kier alpha value is -1.96. The zero-order chi connectivity index (χ0) is 15.7. The Kier molecular flexibility index (Phi) is 4.26. The molecule has 2 rings (SSSR count). The highest BCUT2D eigenvalue weighted by Crippen LogP contribution is 2.37. The van der Waals surface area contributed by atoms with Crippen LogP contribution in [0.15, 0.2) is 22.7 Å². The van der Waals surface area contributed by atoms with E-state index in [0.717, 1.165) is 6.07 Å². The lowest BCUT2D eigenvalue weighted by Crippen LogP contribution is -1.98. The second-order valence-corrected chi connectivity index (χ2v) is 5.61. The van der Waals surface area contributed by atoms with Crippen LogP contribution >= 0.6 is 15.9 Å². The third-order valence-electron chi connectivity index (χ3n) is 2.83. The van der Waals surface area contributed by atoms with Gasteiger partial charge in [0.05, 0.1) is 9.40 Å². The fourth-order valence-corrected chi connectivity index (χ4v) is 2.09. The van der Waals surface area contributed by atoms with Gasteiger partial charge in [0.2, 0.25) is 0 Å². The molecular formula is C13H13BrFN3O3. The number of nitrogens with zero attached hydrogens (tertiary/aromatic N) is 3. The summed E-state index contributed by atoms with van der Waals surface area (Å²) in [6.45, 7) is 3.61. The quantitative estimate of drug-likeness (QED) is 0.608. The van der Waals surface area contributed by atoms with Gasteiger partial charge in [-0.05, 0) is 28.1 Å². The van der Waals surface area contributed by atoms with Gasteiger partial charge < -0.3 is 4.74 Å². The average Bonchev–Trinajstić information content (AvgIpc) is 2.72. The van der Waals surface area contributed by atoms with Gasteiger partial charge >= 0.3 is 5.69 Å². The maximum atomic E-state index is 13.5. The number of aromatic nitrogens is 2. The fraction of sp³-hybridized carbons (Fsp3) is 0.308. The number of aryl methyl sites for hydroxylation is 1. The Labute approximate surface area is 128 Å². The predicted octanol–water partition coefficient (Wildman–Crippen LogP) is 4.15. The van der Waals surface area contributed by atoms with Gasteiger partial charge in [-0.3, -0.25) is 10.1 Å².